The molecule has 0 aliphatic heterocycles. The number of carbonyl (C=O) groups is 2. The van der Waals surface area contributed by atoms with Crippen LogP contribution in [0.3, 0.4) is 0 Å². The van der Waals surface area contributed by atoms with Crippen molar-refractivity contribution in [2.75, 3.05) is 6.61 Å². The van der Waals surface area contributed by atoms with Crippen molar-refractivity contribution in [1.29, 1.82) is 0 Å². The van der Waals surface area contributed by atoms with Gasteiger partial charge in [0.2, 0.25) is 0 Å². The van der Waals surface area contributed by atoms with E-state index in [1.165, 1.54) is 0 Å². The summed E-state index contributed by atoms with van der Waals surface area (Å²) >= 11 is 0. The first kappa shape index (κ1) is 18.6. The van der Waals surface area contributed by atoms with Crippen molar-refractivity contribution in [2.24, 2.45) is 0 Å². The fourth-order valence-corrected chi connectivity index (χ4v) is 2.90. The van der Waals surface area contributed by atoms with Gasteiger partial charge in [0, 0.05) is 11.2 Å². The molecule has 0 aliphatic rings. The lowest BCUT2D eigenvalue weighted by atomic mass is 10.1. The van der Waals surface area contributed by atoms with Crippen LogP contribution in [0.4, 0.5) is 0 Å². The maximum Gasteiger partial charge on any atom is 0.338 e. The molecule has 0 atom stereocenters. The van der Waals surface area contributed by atoms with Crippen LogP contribution in [-0.2, 0) is 9.53 Å². The molecule has 1 N–H and O–H groups in total. The molecule has 0 saturated heterocycles. The lowest BCUT2D eigenvalue weighted by Gasteiger charge is -2.20. The Hall–Kier alpha value is -3.15. The Morgan fingerprint density at radius 1 is 1.11 bits per heavy atom. The number of fused-ring (bicyclic) bond motifs is 1. The number of aromatic nitrogens is 2. The van der Waals surface area contributed by atoms with E-state index < -0.39 is 5.97 Å². The summed E-state index contributed by atoms with van der Waals surface area (Å²) in [6, 6.07) is 15.1. The lowest BCUT2D eigenvalue weighted by molar-refractivity contribution is -0.125. The molecule has 0 bridgehead atoms. The Balaban J connectivity index is 1.79. The normalized spacial score (nSPS) is 11.4. The number of amides is 1. The van der Waals surface area contributed by atoms with Crippen LogP contribution in [0.5, 0.6) is 0 Å². The Morgan fingerprint density at radius 2 is 1.81 bits per heavy atom. The van der Waals surface area contributed by atoms with Gasteiger partial charge in [0.1, 0.15) is 5.82 Å². The second-order valence-electron chi connectivity index (χ2n) is 7.41. The first-order chi connectivity index (χ1) is 12.7. The number of rotatable bonds is 4. The number of hydrogen-bond acceptors (Lipinski definition) is 4. The van der Waals surface area contributed by atoms with E-state index in [0.717, 1.165) is 17.0 Å². The summed E-state index contributed by atoms with van der Waals surface area (Å²) < 4.78 is 7.15. The number of carbonyl (C=O) groups excluding carboxylic acids is 2. The molecule has 0 radical (unpaired) electrons. The van der Waals surface area contributed by atoms with Crippen molar-refractivity contribution in [3.63, 3.8) is 0 Å². The monoisotopic (exact) mass is 365 g/mol. The van der Waals surface area contributed by atoms with Gasteiger partial charge in [-0.15, -0.1) is 0 Å². The molecule has 0 fully saturated rings. The predicted octanol–water partition coefficient (Wildman–Crippen LogP) is 3.41. The van der Waals surface area contributed by atoms with Crippen molar-refractivity contribution < 1.29 is 14.3 Å². The third-order valence-electron chi connectivity index (χ3n) is 3.92. The van der Waals surface area contributed by atoms with Crippen molar-refractivity contribution in [2.45, 2.75) is 33.2 Å². The lowest BCUT2D eigenvalue weighted by Crippen LogP contribution is -2.42. The summed E-state index contributed by atoms with van der Waals surface area (Å²) in [5.41, 5.74) is 2.60. The number of nitrogens with one attached hydrogen (secondary N) is 1. The van der Waals surface area contributed by atoms with E-state index in [1.807, 2.05) is 68.7 Å². The Kier molecular flexibility index (Phi) is 4.99. The molecule has 2 aromatic carbocycles. The highest BCUT2D eigenvalue weighted by Gasteiger charge is 2.17. The summed E-state index contributed by atoms with van der Waals surface area (Å²) in [5, 5.41) is 2.75. The van der Waals surface area contributed by atoms with Gasteiger partial charge < -0.3 is 10.1 Å². The summed E-state index contributed by atoms with van der Waals surface area (Å²) in [6.45, 7) is 7.21. The van der Waals surface area contributed by atoms with Crippen molar-refractivity contribution in [3.8, 4) is 5.69 Å². The zero-order valence-electron chi connectivity index (χ0n) is 15.9. The number of benzene rings is 2. The van der Waals surface area contributed by atoms with Crippen LogP contribution in [0.25, 0.3) is 16.7 Å². The van der Waals surface area contributed by atoms with Gasteiger partial charge in [0.05, 0.1) is 16.6 Å². The van der Waals surface area contributed by atoms with Crippen molar-refractivity contribution in [3.05, 3.63) is 59.9 Å². The third kappa shape index (κ3) is 4.34. The first-order valence-electron chi connectivity index (χ1n) is 8.77. The van der Waals surface area contributed by atoms with E-state index in [2.05, 4.69) is 10.3 Å². The molecule has 140 valence electrons. The van der Waals surface area contributed by atoms with Gasteiger partial charge in [0.25, 0.3) is 5.91 Å². The quantitative estimate of drug-likeness (QED) is 0.719. The van der Waals surface area contributed by atoms with E-state index in [1.54, 1.807) is 12.1 Å². The van der Waals surface area contributed by atoms with Gasteiger partial charge in [-0.25, -0.2) is 9.78 Å². The van der Waals surface area contributed by atoms with Gasteiger partial charge in [-0.05, 0) is 58.0 Å². The highest BCUT2D eigenvalue weighted by molar-refractivity contribution is 5.95. The van der Waals surface area contributed by atoms with Crippen LogP contribution in [0.15, 0.2) is 48.5 Å². The van der Waals surface area contributed by atoms with Gasteiger partial charge in [-0.3, -0.25) is 9.36 Å². The number of para-hydroxylation sites is 1. The predicted molar refractivity (Wildman–Crippen MR) is 104 cm³/mol. The highest BCUT2D eigenvalue weighted by atomic mass is 16.5. The third-order valence-corrected chi connectivity index (χ3v) is 3.92. The zero-order valence-corrected chi connectivity index (χ0v) is 15.9. The maximum absolute atomic E-state index is 12.3. The summed E-state index contributed by atoms with van der Waals surface area (Å²) in [4.78, 5) is 28.6. The summed E-state index contributed by atoms with van der Waals surface area (Å²) in [7, 11) is 0. The average molecular weight is 365 g/mol. The molecule has 6 nitrogen and oxygen atoms in total. The summed E-state index contributed by atoms with van der Waals surface area (Å²) in [5.74, 6) is -0.0553. The molecule has 1 amide bonds. The molecular formula is C21H23N3O3. The van der Waals surface area contributed by atoms with Crippen molar-refractivity contribution >= 4 is 22.9 Å². The van der Waals surface area contributed by atoms with Gasteiger partial charge in [-0.2, -0.15) is 0 Å². The molecule has 1 aromatic heterocycles. The minimum atomic E-state index is -0.548. The minimum absolute atomic E-state index is 0.314. The number of imidazole rings is 1. The number of hydrogen-bond donors (Lipinski definition) is 1. The molecule has 3 aromatic rings. The van der Waals surface area contributed by atoms with Crippen LogP contribution in [-0.4, -0.2) is 33.6 Å². The van der Waals surface area contributed by atoms with Crippen LogP contribution < -0.4 is 5.32 Å². The molecule has 6 heteroatoms. The second kappa shape index (κ2) is 7.23. The molecule has 0 spiro atoms. The fourth-order valence-electron chi connectivity index (χ4n) is 2.90. The Labute approximate surface area is 158 Å². The second-order valence-corrected chi connectivity index (χ2v) is 7.41. The number of nitrogens with zero attached hydrogens (tertiary/aromatic N) is 2. The van der Waals surface area contributed by atoms with E-state index in [-0.39, 0.29) is 18.1 Å². The fraction of sp³-hybridized carbons (Fsp3) is 0.286. The average Bonchev–Trinajstić information content (AvgIpc) is 2.93. The van der Waals surface area contributed by atoms with Crippen LogP contribution >= 0.6 is 0 Å². The van der Waals surface area contributed by atoms with E-state index in [9.17, 15) is 9.59 Å². The standard InChI is InChI=1S/C21H23N3O3/c1-14-22-17-12-15(20(26)27-13-19(25)23-21(2,3)4)10-11-18(17)24(14)16-8-6-5-7-9-16/h5-12H,13H2,1-4H3,(H,23,25). The van der Waals surface area contributed by atoms with Gasteiger partial charge in [-0.1, -0.05) is 18.2 Å². The van der Waals surface area contributed by atoms with Crippen LogP contribution in [0.1, 0.15) is 37.0 Å². The number of ether oxygens (including phenoxy) is 1. The molecular weight excluding hydrogens is 342 g/mol. The maximum atomic E-state index is 12.3. The number of esters is 1. The topological polar surface area (TPSA) is 73.2 Å². The minimum Gasteiger partial charge on any atom is -0.452 e. The van der Waals surface area contributed by atoms with Gasteiger partial charge >= 0.3 is 5.97 Å². The Bertz CT molecular complexity index is 985. The zero-order chi connectivity index (χ0) is 19.6. The van der Waals surface area contributed by atoms with E-state index >= 15 is 0 Å². The van der Waals surface area contributed by atoms with Crippen LogP contribution in [0, 0.1) is 6.92 Å². The molecule has 1 heterocycles. The van der Waals surface area contributed by atoms with Crippen molar-refractivity contribution in [1.82, 2.24) is 14.9 Å². The largest absolute Gasteiger partial charge is 0.452 e. The highest BCUT2D eigenvalue weighted by Crippen LogP contribution is 2.22. The molecule has 27 heavy (non-hydrogen) atoms. The van der Waals surface area contributed by atoms with E-state index in [0.29, 0.717) is 11.1 Å². The first-order valence-corrected chi connectivity index (χ1v) is 8.77. The van der Waals surface area contributed by atoms with Gasteiger partial charge in [0.15, 0.2) is 6.61 Å². The molecule has 0 unspecified atom stereocenters. The van der Waals surface area contributed by atoms with Crippen LogP contribution in [0.2, 0.25) is 0 Å². The smallest absolute Gasteiger partial charge is 0.338 e. The Morgan fingerprint density at radius 3 is 2.48 bits per heavy atom. The van der Waals surface area contributed by atoms with E-state index in [4.69, 9.17) is 4.74 Å². The molecule has 0 aliphatic carbocycles. The summed E-state index contributed by atoms with van der Waals surface area (Å²) in [6.07, 6.45) is 0. The number of aryl methyl sites for hydroxylation is 1. The molecule has 0 saturated carbocycles. The molecule has 3 rings (SSSR count). The SMILES string of the molecule is Cc1nc2cc(C(=O)OCC(=O)NC(C)(C)C)ccc2n1-c1ccccc1.